The summed E-state index contributed by atoms with van der Waals surface area (Å²) in [5, 5.41) is 0. The fraction of sp³-hybridized carbons (Fsp3) is 0.182. The third-order valence-corrected chi connectivity index (χ3v) is 2.19. The second-order valence-corrected chi connectivity index (χ2v) is 3.39. The van der Waals surface area contributed by atoms with Gasteiger partial charge < -0.3 is 10.2 Å². The molecule has 0 bridgehead atoms. The Morgan fingerprint density at radius 1 is 1.29 bits per heavy atom. The molecular formula is C11H12N2O. The average Bonchev–Trinajstić information content (AvgIpc) is 2.56. The number of hydrogen-bond donors (Lipinski definition) is 1. The van der Waals surface area contributed by atoms with Crippen LogP contribution in [0, 0.1) is 13.8 Å². The van der Waals surface area contributed by atoms with Crippen LogP contribution in [0.2, 0.25) is 0 Å². The fourth-order valence-electron chi connectivity index (χ4n) is 1.42. The number of benzene rings is 1. The minimum Gasteiger partial charge on any atom is -0.432 e. The lowest BCUT2D eigenvalue weighted by atomic mass is 10.0. The van der Waals surface area contributed by atoms with Gasteiger partial charge in [0, 0.05) is 5.56 Å². The van der Waals surface area contributed by atoms with E-state index in [0.29, 0.717) is 0 Å². The maximum Gasteiger partial charge on any atom is 0.292 e. The van der Waals surface area contributed by atoms with Crippen LogP contribution in [0.25, 0.3) is 11.3 Å². The van der Waals surface area contributed by atoms with Crippen LogP contribution in [0.4, 0.5) is 6.01 Å². The molecule has 0 saturated carbocycles. The van der Waals surface area contributed by atoms with Crippen molar-refractivity contribution in [2.45, 2.75) is 13.8 Å². The molecule has 0 radical (unpaired) electrons. The Labute approximate surface area is 82.6 Å². The number of hydrogen-bond acceptors (Lipinski definition) is 3. The Balaban J connectivity index is 2.55. The van der Waals surface area contributed by atoms with E-state index in [4.69, 9.17) is 10.2 Å². The molecule has 2 aromatic rings. The van der Waals surface area contributed by atoms with E-state index in [1.165, 1.54) is 11.1 Å². The van der Waals surface area contributed by atoms with Crippen LogP contribution in [0.15, 0.2) is 28.9 Å². The molecule has 0 unspecified atom stereocenters. The summed E-state index contributed by atoms with van der Waals surface area (Å²) < 4.78 is 4.98. The van der Waals surface area contributed by atoms with E-state index in [2.05, 4.69) is 23.2 Å². The SMILES string of the molecule is Cc1ccc(C)c(-c2coc(N)n2)c1. The van der Waals surface area contributed by atoms with Gasteiger partial charge in [0.25, 0.3) is 6.01 Å². The Hall–Kier alpha value is -1.77. The van der Waals surface area contributed by atoms with Crippen molar-refractivity contribution in [1.29, 1.82) is 0 Å². The van der Waals surface area contributed by atoms with Crippen molar-refractivity contribution in [2.75, 3.05) is 5.73 Å². The van der Waals surface area contributed by atoms with Gasteiger partial charge in [0.05, 0.1) is 0 Å². The Kier molecular flexibility index (Phi) is 2.00. The molecule has 72 valence electrons. The number of oxazole rings is 1. The fourth-order valence-corrected chi connectivity index (χ4v) is 1.42. The molecule has 0 aliphatic rings. The number of anilines is 1. The lowest BCUT2D eigenvalue weighted by Crippen LogP contribution is -1.87. The molecule has 2 N–H and O–H groups in total. The largest absolute Gasteiger partial charge is 0.432 e. The zero-order chi connectivity index (χ0) is 10.1. The average molecular weight is 188 g/mol. The van der Waals surface area contributed by atoms with Crippen molar-refractivity contribution in [3.05, 3.63) is 35.6 Å². The second kappa shape index (κ2) is 3.18. The zero-order valence-electron chi connectivity index (χ0n) is 8.24. The maximum absolute atomic E-state index is 5.43. The summed E-state index contributed by atoms with van der Waals surface area (Å²) in [5.74, 6) is 0. The first kappa shape index (κ1) is 8.81. The molecule has 2 rings (SSSR count). The molecule has 14 heavy (non-hydrogen) atoms. The van der Waals surface area contributed by atoms with Gasteiger partial charge in [-0.25, -0.2) is 0 Å². The van der Waals surface area contributed by atoms with Crippen LogP contribution in [0.3, 0.4) is 0 Å². The van der Waals surface area contributed by atoms with Crippen molar-refractivity contribution in [2.24, 2.45) is 0 Å². The molecule has 0 aliphatic carbocycles. The van der Waals surface area contributed by atoms with Crippen LogP contribution in [-0.4, -0.2) is 4.98 Å². The Morgan fingerprint density at radius 2 is 2.07 bits per heavy atom. The first-order valence-electron chi connectivity index (χ1n) is 4.45. The number of aryl methyl sites for hydroxylation is 2. The van der Waals surface area contributed by atoms with Gasteiger partial charge in [0.2, 0.25) is 0 Å². The summed E-state index contributed by atoms with van der Waals surface area (Å²) in [6, 6.07) is 6.42. The number of aromatic nitrogens is 1. The van der Waals surface area contributed by atoms with Gasteiger partial charge in [-0.3, -0.25) is 0 Å². The summed E-state index contributed by atoms with van der Waals surface area (Å²) in [7, 11) is 0. The monoisotopic (exact) mass is 188 g/mol. The van der Waals surface area contributed by atoms with Gasteiger partial charge in [-0.2, -0.15) is 4.98 Å². The predicted octanol–water partition coefficient (Wildman–Crippen LogP) is 2.54. The molecule has 1 aromatic heterocycles. The second-order valence-electron chi connectivity index (χ2n) is 3.39. The zero-order valence-corrected chi connectivity index (χ0v) is 8.24. The highest BCUT2D eigenvalue weighted by Crippen LogP contribution is 2.24. The lowest BCUT2D eigenvalue weighted by Gasteiger charge is -2.02. The Bertz CT molecular complexity index is 460. The van der Waals surface area contributed by atoms with E-state index in [-0.39, 0.29) is 6.01 Å². The highest BCUT2D eigenvalue weighted by Gasteiger charge is 2.06. The van der Waals surface area contributed by atoms with E-state index < -0.39 is 0 Å². The molecule has 0 saturated heterocycles. The molecule has 3 nitrogen and oxygen atoms in total. The van der Waals surface area contributed by atoms with Crippen molar-refractivity contribution < 1.29 is 4.42 Å². The van der Waals surface area contributed by atoms with Crippen LogP contribution in [0.5, 0.6) is 0 Å². The normalized spacial score (nSPS) is 10.4. The van der Waals surface area contributed by atoms with E-state index >= 15 is 0 Å². The topological polar surface area (TPSA) is 52.0 Å². The standard InChI is InChI=1S/C11H12N2O/c1-7-3-4-8(2)9(5-7)10-6-14-11(12)13-10/h3-6H,1-2H3,(H2,12,13). The van der Waals surface area contributed by atoms with Crippen molar-refractivity contribution in [3.63, 3.8) is 0 Å². The summed E-state index contributed by atoms with van der Waals surface area (Å²) in [4.78, 5) is 4.09. The first-order valence-corrected chi connectivity index (χ1v) is 4.45. The molecule has 3 heteroatoms. The maximum atomic E-state index is 5.43. The minimum atomic E-state index is 0.209. The van der Waals surface area contributed by atoms with Gasteiger partial charge in [-0.15, -0.1) is 0 Å². The van der Waals surface area contributed by atoms with Crippen LogP contribution in [0.1, 0.15) is 11.1 Å². The molecule has 0 spiro atoms. The molecule has 0 atom stereocenters. The molecule has 0 amide bonds. The molecule has 0 aliphatic heterocycles. The van der Waals surface area contributed by atoms with Crippen LogP contribution >= 0.6 is 0 Å². The Morgan fingerprint density at radius 3 is 2.71 bits per heavy atom. The predicted molar refractivity (Wildman–Crippen MR) is 55.8 cm³/mol. The minimum absolute atomic E-state index is 0.209. The number of rotatable bonds is 1. The number of nitrogens with zero attached hydrogens (tertiary/aromatic N) is 1. The van der Waals surface area contributed by atoms with Crippen molar-refractivity contribution >= 4 is 6.01 Å². The lowest BCUT2D eigenvalue weighted by molar-refractivity contribution is 0.581. The van der Waals surface area contributed by atoms with E-state index in [9.17, 15) is 0 Å². The van der Waals surface area contributed by atoms with Crippen LogP contribution in [-0.2, 0) is 0 Å². The molecule has 1 aromatic carbocycles. The highest BCUT2D eigenvalue weighted by atomic mass is 16.4. The van der Waals surface area contributed by atoms with Gasteiger partial charge in [-0.1, -0.05) is 17.7 Å². The number of nitrogen functional groups attached to an aromatic ring is 1. The van der Waals surface area contributed by atoms with Crippen LogP contribution < -0.4 is 5.73 Å². The highest BCUT2D eigenvalue weighted by molar-refractivity contribution is 5.64. The molecule has 0 fully saturated rings. The van der Waals surface area contributed by atoms with E-state index in [0.717, 1.165) is 11.3 Å². The first-order chi connectivity index (χ1) is 6.66. The third kappa shape index (κ3) is 1.48. The number of nitrogens with two attached hydrogens (primary N) is 1. The van der Waals surface area contributed by atoms with E-state index in [1.807, 2.05) is 13.8 Å². The van der Waals surface area contributed by atoms with Crippen molar-refractivity contribution in [3.8, 4) is 11.3 Å². The third-order valence-electron chi connectivity index (χ3n) is 2.19. The van der Waals surface area contributed by atoms with Gasteiger partial charge in [0.1, 0.15) is 12.0 Å². The quantitative estimate of drug-likeness (QED) is 0.748. The smallest absolute Gasteiger partial charge is 0.292 e. The summed E-state index contributed by atoms with van der Waals surface area (Å²) in [5.41, 5.74) is 9.67. The van der Waals surface area contributed by atoms with Gasteiger partial charge in [-0.05, 0) is 25.5 Å². The summed E-state index contributed by atoms with van der Waals surface area (Å²) in [6.07, 6.45) is 1.58. The summed E-state index contributed by atoms with van der Waals surface area (Å²) >= 11 is 0. The summed E-state index contributed by atoms with van der Waals surface area (Å²) in [6.45, 7) is 4.09. The van der Waals surface area contributed by atoms with Gasteiger partial charge in [0.15, 0.2) is 0 Å². The van der Waals surface area contributed by atoms with Gasteiger partial charge >= 0.3 is 0 Å². The molecular weight excluding hydrogens is 176 g/mol. The molecule has 1 heterocycles. The van der Waals surface area contributed by atoms with Crippen molar-refractivity contribution in [1.82, 2.24) is 4.98 Å². The van der Waals surface area contributed by atoms with E-state index in [1.54, 1.807) is 6.26 Å².